The maximum atomic E-state index is 12.1. The number of urea groups is 1. The number of carbonyl (C=O) groups excluding carboxylic acids is 3. The van der Waals surface area contributed by atoms with Gasteiger partial charge in [-0.25, -0.2) is 14.4 Å². The first-order valence-electron chi connectivity index (χ1n) is 8.42. The summed E-state index contributed by atoms with van der Waals surface area (Å²) in [6.45, 7) is 0.563. The van der Waals surface area contributed by atoms with Gasteiger partial charge < -0.3 is 31.2 Å². The lowest BCUT2D eigenvalue weighted by Crippen LogP contribution is -2.46. The fourth-order valence-electron chi connectivity index (χ4n) is 2.01. The molecular formula is C17H26N4O5. The molecule has 0 radical (unpaired) electrons. The number of ether oxygens (including phenoxy) is 2. The van der Waals surface area contributed by atoms with Crippen molar-refractivity contribution >= 4 is 18.1 Å². The van der Waals surface area contributed by atoms with Crippen LogP contribution in [0.3, 0.4) is 0 Å². The maximum Gasteiger partial charge on any atom is 0.412 e. The van der Waals surface area contributed by atoms with Crippen LogP contribution in [0.2, 0.25) is 0 Å². The molecule has 26 heavy (non-hydrogen) atoms. The van der Waals surface area contributed by atoms with Crippen molar-refractivity contribution in [3.8, 4) is 5.75 Å². The number of rotatable bonds is 10. The van der Waals surface area contributed by atoms with Crippen LogP contribution in [0.1, 0.15) is 19.3 Å². The van der Waals surface area contributed by atoms with E-state index in [0.717, 1.165) is 6.42 Å². The number of nitrogens with two attached hydrogens (primary N) is 1. The van der Waals surface area contributed by atoms with Gasteiger partial charge in [-0.05, 0) is 37.9 Å². The van der Waals surface area contributed by atoms with Gasteiger partial charge in [-0.1, -0.05) is 18.2 Å². The summed E-state index contributed by atoms with van der Waals surface area (Å²) < 4.78 is 10.1. The van der Waals surface area contributed by atoms with Gasteiger partial charge in [0.05, 0.1) is 6.54 Å². The van der Waals surface area contributed by atoms with E-state index in [-0.39, 0.29) is 13.2 Å². The third-order valence-corrected chi connectivity index (χ3v) is 3.33. The predicted octanol–water partition coefficient (Wildman–Crippen LogP) is 0.745. The third-order valence-electron chi connectivity index (χ3n) is 3.33. The van der Waals surface area contributed by atoms with Crippen LogP contribution in [0, 0.1) is 0 Å². The van der Waals surface area contributed by atoms with E-state index in [4.69, 9.17) is 15.2 Å². The summed E-state index contributed by atoms with van der Waals surface area (Å²) in [5, 5.41) is 7.40. The summed E-state index contributed by atoms with van der Waals surface area (Å²) >= 11 is 0. The van der Waals surface area contributed by atoms with Crippen molar-refractivity contribution in [3.05, 3.63) is 30.3 Å². The Morgan fingerprint density at radius 1 is 1.15 bits per heavy atom. The van der Waals surface area contributed by atoms with E-state index >= 15 is 0 Å². The van der Waals surface area contributed by atoms with Crippen molar-refractivity contribution < 1.29 is 23.9 Å². The van der Waals surface area contributed by atoms with Crippen molar-refractivity contribution in [2.75, 3.05) is 26.7 Å². The first kappa shape index (κ1) is 21.2. The summed E-state index contributed by atoms with van der Waals surface area (Å²) in [5.74, 6) is -0.152. The molecule has 0 heterocycles. The molecule has 1 aromatic rings. The highest BCUT2D eigenvalue weighted by Crippen LogP contribution is 2.08. The normalized spacial score (nSPS) is 11.2. The van der Waals surface area contributed by atoms with Crippen molar-refractivity contribution in [1.29, 1.82) is 0 Å². The highest BCUT2D eigenvalue weighted by atomic mass is 16.6. The largest absolute Gasteiger partial charge is 0.462 e. The fraction of sp³-hybridized carbons (Fsp3) is 0.471. The molecule has 9 heteroatoms. The summed E-state index contributed by atoms with van der Waals surface area (Å²) in [4.78, 5) is 35.1. The lowest BCUT2D eigenvalue weighted by molar-refractivity contribution is -0.145. The topological polar surface area (TPSA) is 132 Å². The molecule has 1 rings (SSSR count). The average Bonchev–Trinajstić information content (AvgIpc) is 2.65. The minimum Gasteiger partial charge on any atom is -0.462 e. The summed E-state index contributed by atoms with van der Waals surface area (Å²) in [7, 11) is 1.46. The van der Waals surface area contributed by atoms with Crippen LogP contribution < -0.4 is 26.4 Å². The van der Waals surface area contributed by atoms with Crippen LogP contribution in [0.15, 0.2) is 30.3 Å². The van der Waals surface area contributed by atoms with Crippen LogP contribution in [0.5, 0.6) is 5.75 Å². The molecule has 1 unspecified atom stereocenters. The van der Waals surface area contributed by atoms with Crippen molar-refractivity contribution in [2.24, 2.45) is 5.73 Å². The fourth-order valence-corrected chi connectivity index (χ4v) is 2.01. The molecule has 3 amide bonds. The second kappa shape index (κ2) is 12.5. The smallest absolute Gasteiger partial charge is 0.412 e. The van der Waals surface area contributed by atoms with Gasteiger partial charge >= 0.3 is 18.1 Å². The van der Waals surface area contributed by atoms with Crippen LogP contribution in [0.25, 0.3) is 0 Å². The molecule has 0 aliphatic carbocycles. The third kappa shape index (κ3) is 8.88. The number of hydrogen-bond acceptors (Lipinski definition) is 6. The summed E-state index contributed by atoms with van der Waals surface area (Å²) in [6.07, 6.45) is 1.20. The van der Waals surface area contributed by atoms with Gasteiger partial charge in [0.1, 0.15) is 18.4 Å². The number of benzene rings is 1. The molecule has 0 fully saturated rings. The van der Waals surface area contributed by atoms with Gasteiger partial charge in [-0.15, -0.1) is 0 Å². The molecule has 1 atom stereocenters. The Hall–Kier alpha value is -2.81. The molecule has 0 spiro atoms. The van der Waals surface area contributed by atoms with Crippen LogP contribution >= 0.6 is 0 Å². The van der Waals surface area contributed by atoms with Gasteiger partial charge in [0.2, 0.25) is 0 Å². The summed E-state index contributed by atoms with van der Waals surface area (Å²) in [6, 6.07) is 7.36. The van der Waals surface area contributed by atoms with Crippen molar-refractivity contribution in [2.45, 2.75) is 25.3 Å². The molecule has 1 aromatic carbocycles. The van der Waals surface area contributed by atoms with Crippen molar-refractivity contribution in [1.82, 2.24) is 16.0 Å². The van der Waals surface area contributed by atoms with Crippen LogP contribution in [0.4, 0.5) is 9.59 Å². The van der Waals surface area contributed by atoms with Gasteiger partial charge in [-0.2, -0.15) is 0 Å². The zero-order chi connectivity index (χ0) is 19.2. The van der Waals surface area contributed by atoms with Crippen LogP contribution in [-0.4, -0.2) is 50.9 Å². The quantitative estimate of drug-likeness (QED) is 0.357. The molecule has 0 bridgehead atoms. The molecule has 0 aromatic heterocycles. The van der Waals surface area contributed by atoms with Gasteiger partial charge in [0.15, 0.2) is 0 Å². The van der Waals surface area contributed by atoms with Gasteiger partial charge in [-0.3, -0.25) is 0 Å². The Labute approximate surface area is 152 Å². The van der Waals surface area contributed by atoms with E-state index in [1.807, 2.05) is 0 Å². The number of nitrogens with one attached hydrogen (secondary N) is 3. The monoisotopic (exact) mass is 366 g/mol. The standard InChI is InChI=1S/C17H26N4O5/c1-19-16(23)21-14(9-5-6-10-18)15(22)25-12-11-20-17(24)26-13-7-3-2-4-8-13/h2-4,7-8,14H,5-6,9-12,18H2,1H3,(H,20,24)(H2,19,21,23). The number of unbranched alkanes of at least 4 members (excludes halogenated alkanes) is 1. The lowest BCUT2D eigenvalue weighted by atomic mass is 10.1. The number of hydrogen-bond donors (Lipinski definition) is 4. The number of carbonyl (C=O) groups is 3. The van der Waals surface area contributed by atoms with E-state index < -0.39 is 24.1 Å². The lowest BCUT2D eigenvalue weighted by Gasteiger charge is -2.17. The number of amides is 3. The first-order chi connectivity index (χ1) is 12.6. The zero-order valence-corrected chi connectivity index (χ0v) is 14.8. The minimum atomic E-state index is -0.766. The zero-order valence-electron chi connectivity index (χ0n) is 14.8. The molecule has 0 saturated carbocycles. The second-order valence-electron chi connectivity index (χ2n) is 5.36. The number of para-hydroxylation sites is 1. The second-order valence-corrected chi connectivity index (χ2v) is 5.36. The van der Waals surface area contributed by atoms with E-state index in [9.17, 15) is 14.4 Å². The average molecular weight is 366 g/mol. The van der Waals surface area contributed by atoms with Crippen molar-refractivity contribution in [3.63, 3.8) is 0 Å². The SMILES string of the molecule is CNC(=O)NC(CCCCN)C(=O)OCCNC(=O)Oc1ccccc1. The Kier molecular flexibility index (Phi) is 10.2. The van der Waals surface area contributed by atoms with E-state index in [2.05, 4.69) is 16.0 Å². The molecule has 5 N–H and O–H groups in total. The maximum absolute atomic E-state index is 12.1. The van der Waals surface area contributed by atoms with Crippen LogP contribution in [-0.2, 0) is 9.53 Å². The van der Waals surface area contributed by atoms with E-state index in [1.165, 1.54) is 7.05 Å². The Morgan fingerprint density at radius 3 is 2.54 bits per heavy atom. The molecule has 0 aliphatic rings. The molecule has 0 saturated heterocycles. The predicted molar refractivity (Wildman–Crippen MR) is 95.7 cm³/mol. The Balaban J connectivity index is 2.31. The molecular weight excluding hydrogens is 340 g/mol. The van der Waals surface area contributed by atoms with Gasteiger partial charge in [0, 0.05) is 7.05 Å². The Bertz CT molecular complexity index is 568. The summed E-state index contributed by atoms with van der Waals surface area (Å²) in [5.41, 5.74) is 5.43. The molecule has 0 aliphatic heterocycles. The van der Waals surface area contributed by atoms with Gasteiger partial charge in [0.25, 0.3) is 0 Å². The highest BCUT2D eigenvalue weighted by Gasteiger charge is 2.21. The highest BCUT2D eigenvalue weighted by molar-refractivity contribution is 5.83. The number of esters is 1. The van der Waals surface area contributed by atoms with E-state index in [1.54, 1.807) is 30.3 Å². The Morgan fingerprint density at radius 2 is 1.88 bits per heavy atom. The first-order valence-corrected chi connectivity index (χ1v) is 8.42. The van der Waals surface area contributed by atoms with E-state index in [0.29, 0.717) is 25.1 Å². The molecule has 144 valence electrons. The minimum absolute atomic E-state index is 0.0362. The molecule has 9 nitrogen and oxygen atoms in total.